The van der Waals surface area contributed by atoms with E-state index >= 15 is 0 Å². The van der Waals surface area contributed by atoms with Crippen LogP contribution in [0.25, 0.3) is 11.1 Å². The average molecular weight is 411 g/mol. The van der Waals surface area contributed by atoms with Crippen molar-refractivity contribution < 1.29 is 22.7 Å². The van der Waals surface area contributed by atoms with E-state index in [4.69, 9.17) is 9.29 Å². The maximum Gasteiger partial charge on any atom is 0.339 e. The van der Waals surface area contributed by atoms with E-state index in [1.165, 1.54) is 6.07 Å². The predicted octanol–water partition coefficient (Wildman–Crippen LogP) is 3.78. The van der Waals surface area contributed by atoms with Crippen LogP contribution in [0.4, 0.5) is 4.39 Å². The Kier molecular flexibility index (Phi) is 4.93. The highest BCUT2D eigenvalue weighted by atomic mass is 79.9. The second-order valence-electron chi connectivity index (χ2n) is 5.22. The first-order chi connectivity index (χ1) is 11.5. The lowest BCUT2D eigenvalue weighted by Crippen LogP contribution is -1.99. The molecule has 1 aliphatic rings. The third-order valence-electron chi connectivity index (χ3n) is 3.65. The molecule has 0 fully saturated rings. The van der Waals surface area contributed by atoms with Crippen molar-refractivity contribution in [1.29, 1.82) is 0 Å². The fourth-order valence-corrected chi connectivity index (χ4v) is 3.25. The molecule has 0 saturated heterocycles. The molecule has 1 heterocycles. The molecule has 3 rings (SSSR count). The lowest BCUT2D eigenvalue weighted by Gasteiger charge is -2.06. The molecule has 0 amide bonds. The molecule has 1 aliphatic heterocycles. The van der Waals surface area contributed by atoms with E-state index < -0.39 is 22.9 Å². The van der Waals surface area contributed by atoms with E-state index in [1.54, 1.807) is 36.4 Å². The number of carbonyl (C=O) groups is 1. The van der Waals surface area contributed by atoms with Crippen LogP contribution in [0, 0.1) is 5.82 Å². The van der Waals surface area contributed by atoms with Gasteiger partial charge in [0.2, 0.25) is 0 Å². The Morgan fingerprint density at radius 3 is 2.46 bits per heavy atom. The lowest BCUT2D eigenvalue weighted by molar-refractivity contribution is -0.133. The molecule has 4 nitrogen and oxygen atoms in total. The van der Waals surface area contributed by atoms with Crippen molar-refractivity contribution in [2.24, 2.45) is 0 Å². The summed E-state index contributed by atoms with van der Waals surface area (Å²) in [5, 5.41) is 0. The first kappa shape index (κ1) is 17.0. The minimum Gasteiger partial charge on any atom is -0.457 e. The number of carbonyl (C=O) groups excluding carboxylic acids is 1. The topological polar surface area (TPSA) is 63.6 Å². The summed E-state index contributed by atoms with van der Waals surface area (Å²) in [7, 11) is 0. The van der Waals surface area contributed by atoms with Gasteiger partial charge in [-0.15, -0.1) is 0 Å². The summed E-state index contributed by atoms with van der Waals surface area (Å²) < 4.78 is 39.0. The first-order valence-corrected chi connectivity index (χ1v) is 9.05. The maximum absolute atomic E-state index is 13.8. The molecule has 2 aromatic rings. The first-order valence-electron chi connectivity index (χ1n) is 6.98. The average Bonchev–Trinajstić information content (AvgIpc) is 2.92. The van der Waals surface area contributed by atoms with E-state index in [-0.39, 0.29) is 12.4 Å². The van der Waals surface area contributed by atoms with Gasteiger partial charge in [0.1, 0.15) is 12.4 Å². The number of cyclic esters (lactones) is 1. The van der Waals surface area contributed by atoms with Crippen molar-refractivity contribution in [3.8, 4) is 0 Å². The van der Waals surface area contributed by atoms with Gasteiger partial charge >= 0.3 is 5.97 Å². The van der Waals surface area contributed by atoms with E-state index in [0.29, 0.717) is 26.7 Å². The van der Waals surface area contributed by atoms with Crippen LogP contribution in [-0.2, 0) is 26.4 Å². The van der Waals surface area contributed by atoms with Gasteiger partial charge in [-0.05, 0) is 44.8 Å². The Labute approximate surface area is 148 Å². The van der Waals surface area contributed by atoms with Gasteiger partial charge < -0.3 is 9.29 Å². The van der Waals surface area contributed by atoms with E-state index in [1.807, 2.05) is 0 Å². The quantitative estimate of drug-likeness (QED) is 0.615. The lowest BCUT2D eigenvalue weighted by atomic mass is 9.96. The van der Waals surface area contributed by atoms with Gasteiger partial charge in [0, 0.05) is 5.57 Å². The van der Waals surface area contributed by atoms with Crippen LogP contribution in [0.2, 0.25) is 0 Å². The van der Waals surface area contributed by atoms with Crippen LogP contribution >= 0.6 is 15.9 Å². The zero-order valence-corrected chi connectivity index (χ0v) is 14.7. The molecule has 0 bridgehead atoms. The Balaban J connectivity index is 2.02. The Morgan fingerprint density at radius 2 is 1.83 bits per heavy atom. The highest BCUT2D eigenvalue weighted by Crippen LogP contribution is 2.34. The molecule has 24 heavy (non-hydrogen) atoms. The SMILES string of the molecule is O=C1OCC(c2ccc(CS(=O)O)cc2)=C1c1ccc(Br)c(F)c1. The van der Waals surface area contributed by atoms with Crippen LogP contribution in [0.3, 0.4) is 0 Å². The molecule has 2 aromatic carbocycles. The predicted molar refractivity (Wildman–Crippen MR) is 92.8 cm³/mol. The largest absolute Gasteiger partial charge is 0.457 e. The molecule has 0 aromatic heterocycles. The molecule has 7 heteroatoms. The summed E-state index contributed by atoms with van der Waals surface area (Å²) >= 11 is 1.18. The fourth-order valence-electron chi connectivity index (χ4n) is 2.52. The van der Waals surface area contributed by atoms with Crippen molar-refractivity contribution in [3.63, 3.8) is 0 Å². The Morgan fingerprint density at radius 1 is 1.17 bits per heavy atom. The third kappa shape index (κ3) is 3.48. The molecule has 0 spiro atoms. The third-order valence-corrected chi connectivity index (χ3v) is 4.88. The summed E-state index contributed by atoms with van der Waals surface area (Å²) in [6, 6.07) is 11.4. The standard InChI is InChI=1S/C17H12BrFO4S/c18-14-6-5-12(7-15(14)19)16-13(8-23-17(16)20)11-3-1-10(2-4-11)9-24(21)22/h1-7H,8-9H2,(H,21,22). The number of hydrogen-bond acceptors (Lipinski definition) is 3. The molecule has 0 aliphatic carbocycles. The minimum atomic E-state index is -1.91. The van der Waals surface area contributed by atoms with Crippen LogP contribution < -0.4 is 0 Å². The zero-order chi connectivity index (χ0) is 17.3. The monoisotopic (exact) mass is 410 g/mol. The van der Waals surface area contributed by atoms with Crippen LogP contribution in [-0.4, -0.2) is 21.3 Å². The second-order valence-corrected chi connectivity index (χ2v) is 7.01. The summed E-state index contributed by atoms with van der Waals surface area (Å²) in [4.78, 5) is 12.1. The van der Waals surface area contributed by atoms with Crippen molar-refractivity contribution in [2.45, 2.75) is 5.75 Å². The minimum absolute atomic E-state index is 0.0412. The number of esters is 1. The summed E-state index contributed by atoms with van der Waals surface area (Å²) in [6.07, 6.45) is 0. The summed E-state index contributed by atoms with van der Waals surface area (Å²) in [5.74, 6) is -0.911. The van der Waals surface area contributed by atoms with Gasteiger partial charge in [0.05, 0.1) is 15.8 Å². The number of benzene rings is 2. The van der Waals surface area contributed by atoms with Gasteiger partial charge in [-0.3, -0.25) is 0 Å². The van der Waals surface area contributed by atoms with Gasteiger partial charge in [-0.2, -0.15) is 0 Å². The van der Waals surface area contributed by atoms with Gasteiger partial charge in [-0.25, -0.2) is 13.4 Å². The number of halogens is 2. The van der Waals surface area contributed by atoms with Gasteiger partial charge in [-0.1, -0.05) is 30.3 Å². The van der Waals surface area contributed by atoms with Gasteiger partial charge in [0.15, 0.2) is 11.1 Å². The van der Waals surface area contributed by atoms with E-state index in [0.717, 1.165) is 5.56 Å². The molecular weight excluding hydrogens is 399 g/mol. The van der Waals surface area contributed by atoms with Crippen molar-refractivity contribution >= 4 is 44.1 Å². The highest BCUT2D eigenvalue weighted by Gasteiger charge is 2.27. The van der Waals surface area contributed by atoms with E-state index in [9.17, 15) is 13.4 Å². The van der Waals surface area contributed by atoms with Crippen LogP contribution in [0.15, 0.2) is 46.9 Å². The van der Waals surface area contributed by atoms with E-state index in [2.05, 4.69) is 15.9 Å². The maximum atomic E-state index is 13.8. The molecule has 0 radical (unpaired) electrons. The molecule has 1 unspecified atom stereocenters. The summed E-state index contributed by atoms with van der Waals surface area (Å²) in [5.41, 5.74) is 2.92. The molecular formula is C17H12BrFO4S. The molecule has 124 valence electrons. The Bertz CT molecular complexity index is 861. The Hall–Kier alpha value is -1.83. The van der Waals surface area contributed by atoms with Crippen molar-refractivity contribution in [3.05, 3.63) is 69.4 Å². The number of hydrogen-bond donors (Lipinski definition) is 1. The smallest absolute Gasteiger partial charge is 0.339 e. The van der Waals surface area contributed by atoms with Crippen LogP contribution in [0.1, 0.15) is 16.7 Å². The molecule has 1 N–H and O–H groups in total. The van der Waals surface area contributed by atoms with Crippen molar-refractivity contribution in [2.75, 3.05) is 6.61 Å². The molecule has 1 atom stereocenters. The van der Waals surface area contributed by atoms with Gasteiger partial charge in [0.25, 0.3) is 0 Å². The van der Waals surface area contributed by atoms with Crippen LogP contribution in [0.5, 0.6) is 0 Å². The zero-order valence-electron chi connectivity index (χ0n) is 12.3. The normalized spacial score (nSPS) is 15.5. The number of rotatable bonds is 4. The van der Waals surface area contributed by atoms with Crippen molar-refractivity contribution in [1.82, 2.24) is 0 Å². The number of ether oxygens (including phenoxy) is 1. The molecule has 0 saturated carbocycles. The fraction of sp³-hybridized carbons (Fsp3) is 0.118. The highest BCUT2D eigenvalue weighted by molar-refractivity contribution is 9.10. The second kappa shape index (κ2) is 6.96. The summed E-state index contributed by atoms with van der Waals surface area (Å²) in [6.45, 7) is 0.108.